The monoisotopic (exact) mass is 253 g/mol. The van der Waals surface area contributed by atoms with Gasteiger partial charge in [-0.15, -0.1) is 0 Å². The summed E-state index contributed by atoms with van der Waals surface area (Å²) in [6.45, 7) is 5.82. The highest BCUT2D eigenvalue weighted by molar-refractivity contribution is 9.10. The van der Waals surface area contributed by atoms with Gasteiger partial charge in [-0.25, -0.2) is 4.98 Å². The Hall–Kier alpha value is -1.08. The van der Waals surface area contributed by atoms with Crippen molar-refractivity contribution < 1.29 is 0 Å². The normalized spacial score (nSPS) is 9.57. The summed E-state index contributed by atoms with van der Waals surface area (Å²) in [5.74, 6) is 0.765. The second kappa shape index (κ2) is 4.97. The molecule has 0 bridgehead atoms. The quantitative estimate of drug-likeness (QED) is 0.832. The lowest BCUT2D eigenvalue weighted by Crippen LogP contribution is -2.23. The first-order valence-electron chi connectivity index (χ1n) is 4.53. The summed E-state index contributed by atoms with van der Waals surface area (Å²) in [7, 11) is 0. The summed E-state index contributed by atoms with van der Waals surface area (Å²) in [5, 5.41) is 8.95. The van der Waals surface area contributed by atoms with Crippen LogP contribution in [0.25, 0.3) is 0 Å². The van der Waals surface area contributed by atoms with E-state index in [1.165, 1.54) is 0 Å². The molecule has 0 aliphatic heterocycles. The number of hydrogen-bond donors (Lipinski definition) is 0. The van der Waals surface area contributed by atoms with Gasteiger partial charge in [0.25, 0.3) is 0 Å². The van der Waals surface area contributed by atoms with Crippen LogP contribution < -0.4 is 4.90 Å². The molecule has 74 valence electrons. The molecule has 0 amide bonds. The third-order valence-electron chi connectivity index (χ3n) is 2.02. The van der Waals surface area contributed by atoms with Gasteiger partial charge in [-0.05, 0) is 35.8 Å². The minimum Gasteiger partial charge on any atom is -0.356 e. The van der Waals surface area contributed by atoms with Crippen molar-refractivity contribution in [3.8, 4) is 6.07 Å². The topological polar surface area (TPSA) is 39.9 Å². The van der Waals surface area contributed by atoms with E-state index in [1.807, 2.05) is 13.8 Å². The molecule has 4 heteroatoms. The summed E-state index contributed by atoms with van der Waals surface area (Å²) in [6.07, 6.45) is 1.72. The Morgan fingerprint density at radius 3 is 2.64 bits per heavy atom. The van der Waals surface area contributed by atoms with Gasteiger partial charge in [0.2, 0.25) is 0 Å². The third-order valence-corrected chi connectivity index (χ3v) is 2.45. The molecule has 0 unspecified atom stereocenters. The molecule has 0 aliphatic carbocycles. The number of rotatable bonds is 3. The predicted octanol–water partition coefficient (Wildman–Crippen LogP) is 2.56. The van der Waals surface area contributed by atoms with Crippen LogP contribution in [-0.2, 0) is 0 Å². The molecule has 3 nitrogen and oxygen atoms in total. The molecule has 1 aromatic heterocycles. The molecule has 14 heavy (non-hydrogen) atoms. The summed E-state index contributed by atoms with van der Waals surface area (Å²) in [5.41, 5.74) is 0.614. The molecule has 0 aliphatic rings. The largest absolute Gasteiger partial charge is 0.356 e. The maximum atomic E-state index is 8.95. The molecule has 1 aromatic rings. The van der Waals surface area contributed by atoms with Crippen molar-refractivity contribution in [1.29, 1.82) is 5.26 Å². The average molecular weight is 254 g/mol. The second-order valence-electron chi connectivity index (χ2n) is 2.81. The highest BCUT2D eigenvalue weighted by Crippen LogP contribution is 2.20. The van der Waals surface area contributed by atoms with Crippen molar-refractivity contribution in [2.24, 2.45) is 0 Å². The van der Waals surface area contributed by atoms with E-state index in [-0.39, 0.29) is 0 Å². The lowest BCUT2D eigenvalue weighted by molar-refractivity contribution is 0.843. The first-order valence-corrected chi connectivity index (χ1v) is 5.32. The van der Waals surface area contributed by atoms with E-state index in [0.29, 0.717) is 5.56 Å². The summed E-state index contributed by atoms with van der Waals surface area (Å²) < 4.78 is 0.838. The van der Waals surface area contributed by atoms with Crippen LogP contribution in [0.5, 0.6) is 0 Å². The Morgan fingerprint density at radius 1 is 1.50 bits per heavy atom. The zero-order valence-corrected chi connectivity index (χ0v) is 9.87. The van der Waals surface area contributed by atoms with Crippen molar-refractivity contribution in [3.63, 3.8) is 0 Å². The van der Waals surface area contributed by atoms with Crippen LogP contribution >= 0.6 is 15.9 Å². The number of hydrogen-bond acceptors (Lipinski definition) is 3. The molecule has 0 saturated heterocycles. The van der Waals surface area contributed by atoms with Crippen LogP contribution in [0.1, 0.15) is 19.4 Å². The van der Waals surface area contributed by atoms with Gasteiger partial charge < -0.3 is 4.90 Å². The van der Waals surface area contributed by atoms with Crippen molar-refractivity contribution in [1.82, 2.24) is 4.98 Å². The van der Waals surface area contributed by atoms with E-state index in [0.717, 1.165) is 23.4 Å². The summed E-state index contributed by atoms with van der Waals surface area (Å²) >= 11 is 3.30. The van der Waals surface area contributed by atoms with Gasteiger partial charge in [0.15, 0.2) is 0 Å². The van der Waals surface area contributed by atoms with Crippen molar-refractivity contribution >= 4 is 21.7 Å². The Kier molecular flexibility index (Phi) is 3.90. The standard InChI is InChI=1S/C10H12BrN3/c1-3-14(4-2)10-8(6-12)5-9(11)7-13-10/h5,7H,3-4H2,1-2H3. The Balaban J connectivity index is 3.14. The molecule has 1 heterocycles. The van der Waals surface area contributed by atoms with Crippen LogP contribution in [0.15, 0.2) is 16.7 Å². The fraction of sp³-hybridized carbons (Fsp3) is 0.400. The average Bonchev–Trinajstić information content (AvgIpc) is 2.21. The molecule has 0 atom stereocenters. The second-order valence-corrected chi connectivity index (χ2v) is 3.72. The van der Waals surface area contributed by atoms with Gasteiger partial charge in [0, 0.05) is 23.8 Å². The maximum Gasteiger partial charge on any atom is 0.146 e. The fourth-order valence-corrected chi connectivity index (χ4v) is 1.62. The molecule has 0 saturated carbocycles. The number of nitrogens with zero attached hydrogens (tertiary/aromatic N) is 3. The van der Waals surface area contributed by atoms with Crippen LogP contribution in [0.4, 0.5) is 5.82 Å². The smallest absolute Gasteiger partial charge is 0.146 e. The minimum atomic E-state index is 0.614. The first-order chi connectivity index (χ1) is 6.72. The van der Waals surface area contributed by atoms with Gasteiger partial charge in [-0.1, -0.05) is 0 Å². The molecule has 0 fully saturated rings. The number of pyridine rings is 1. The Morgan fingerprint density at radius 2 is 2.14 bits per heavy atom. The molecule has 0 spiro atoms. The third kappa shape index (κ3) is 2.24. The first kappa shape index (κ1) is 11.0. The SMILES string of the molecule is CCN(CC)c1ncc(Br)cc1C#N. The zero-order chi connectivity index (χ0) is 10.6. The van der Waals surface area contributed by atoms with E-state index in [4.69, 9.17) is 5.26 Å². The van der Waals surface area contributed by atoms with Crippen LogP contribution in [-0.4, -0.2) is 18.1 Å². The van der Waals surface area contributed by atoms with E-state index < -0.39 is 0 Å². The van der Waals surface area contributed by atoms with Gasteiger partial charge in [0.05, 0.1) is 5.56 Å². The van der Waals surface area contributed by atoms with Crippen molar-refractivity contribution in [2.75, 3.05) is 18.0 Å². The van der Waals surface area contributed by atoms with Crippen LogP contribution in [0.2, 0.25) is 0 Å². The van der Waals surface area contributed by atoms with Crippen molar-refractivity contribution in [2.45, 2.75) is 13.8 Å². The van der Waals surface area contributed by atoms with E-state index in [1.54, 1.807) is 12.3 Å². The van der Waals surface area contributed by atoms with E-state index >= 15 is 0 Å². The minimum absolute atomic E-state index is 0.614. The summed E-state index contributed by atoms with van der Waals surface area (Å²) in [6, 6.07) is 3.94. The van der Waals surface area contributed by atoms with Crippen molar-refractivity contribution in [3.05, 3.63) is 22.3 Å². The van der Waals surface area contributed by atoms with Crippen LogP contribution in [0, 0.1) is 11.3 Å². The molecule has 0 aromatic carbocycles. The molecular weight excluding hydrogens is 242 g/mol. The predicted molar refractivity (Wildman–Crippen MR) is 60.2 cm³/mol. The molecule has 1 rings (SSSR count). The number of aromatic nitrogens is 1. The lowest BCUT2D eigenvalue weighted by Gasteiger charge is -2.20. The van der Waals surface area contributed by atoms with E-state index in [9.17, 15) is 0 Å². The highest BCUT2D eigenvalue weighted by atomic mass is 79.9. The fourth-order valence-electron chi connectivity index (χ4n) is 1.29. The molecule has 0 radical (unpaired) electrons. The van der Waals surface area contributed by atoms with Gasteiger partial charge in [0.1, 0.15) is 11.9 Å². The van der Waals surface area contributed by atoms with Gasteiger partial charge in [-0.2, -0.15) is 5.26 Å². The Labute approximate surface area is 92.5 Å². The van der Waals surface area contributed by atoms with Gasteiger partial charge >= 0.3 is 0 Å². The van der Waals surface area contributed by atoms with Gasteiger partial charge in [-0.3, -0.25) is 0 Å². The van der Waals surface area contributed by atoms with Crippen LogP contribution in [0.3, 0.4) is 0 Å². The van der Waals surface area contributed by atoms with E-state index in [2.05, 4.69) is 31.9 Å². The zero-order valence-electron chi connectivity index (χ0n) is 8.29. The molecular formula is C10H12BrN3. The highest BCUT2D eigenvalue weighted by Gasteiger charge is 2.09. The summed E-state index contributed by atoms with van der Waals surface area (Å²) in [4.78, 5) is 6.31. The number of nitriles is 1. The lowest BCUT2D eigenvalue weighted by atomic mass is 10.2. The Bertz CT molecular complexity index is 353. The molecule has 0 N–H and O–H groups in total. The number of halogens is 1. The number of anilines is 1. The maximum absolute atomic E-state index is 8.95.